The van der Waals surface area contributed by atoms with E-state index in [1.165, 1.54) is 16.3 Å². The van der Waals surface area contributed by atoms with Crippen molar-refractivity contribution in [1.29, 1.82) is 0 Å². The number of nitrogens with zero attached hydrogens (tertiary/aromatic N) is 2. The van der Waals surface area contributed by atoms with Crippen LogP contribution in [0.3, 0.4) is 0 Å². The minimum absolute atomic E-state index is 0.0270. The van der Waals surface area contributed by atoms with Crippen molar-refractivity contribution in [3.63, 3.8) is 0 Å². The maximum atomic E-state index is 12.0. The summed E-state index contributed by atoms with van der Waals surface area (Å²) in [5.41, 5.74) is 2.28. The van der Waals surface area contributed by atoms with Crippen molar-refractivity contribution in [2.24, 2.45) is 7.05 Å². The molecule has 1 N–H and O–H groups in total. The fourth-order valence-electron chi connectivity index (χ4n) is 3.17. The lowest BCUT2D eigenvalue weighted by Gasteiger charge is -2.23. The van der Waals surface area contributed by atoms with Crippen molar-refractivity contribution in [2.75, 3.05) is 5.32 Å². The average molecular weight is 277 g/mol. The zero-order chi connectivity index (χ0) is 14.4. The molecule has 1 aliphatic rings. The molecule has 1 unspecified atom stereocenters. The molecule has 0 bridgehead atoms. The fourth-order valence-corrected chi connectivity index (χ4v) is 3.17. The summed E-state index contributed by atoms with van der Waals surface area (Å²) in [6, 6.07) is 14.6. The first-order chi connectivity index (χ1) is 10.2. The van der Waals surface area contributed by atoms with Crippen LogP contribution in [-0.4, -0.2) is 15.7 Å². The van der Waals surface area contributed by atoms with Crippen LogP contribution in [0.25, 0.3) is 10.8 Å². The highest BCUT2D eigenvalue weighted by atomic mass is 16.1. The van der Waals surface area contributed by atoms with Gasteiger partial charge >= 0.3 is 0 Å². The molecule has 0 saturated carbocycles. The summed E-state index contributed by atoms with van der Waals surface area (Å²) < 4.78 is 1.76. The van der Waals surface area contributed by atoms with Crippen LogP contribution in [0.5, 0.6) is 0 Å². The molecule has 2 heterocycles. The number of hydrogen-bond acceptors (Lipinski definition) is 2. The molecule has 21 heavy (non-hydrogen) atoms. The van der Waals surface area contributed by atoms with Gasteiger partial charge in [-0.2, -0.15) is 5.10 Å². The summed E-state index contributed by atoms with van der Waals surface area (Å²) in [6.45, 7) is 0. The summed E-state index contributed by atoms with van der Waals surface area (Å²) in [5, 5.41) is 9.60. The number of aryl methyl sites for hydroxylation is 1. The number of hydrogen-bond donors (Lipinski definition) is 1. The number of anilines is 1. The van der Waals surface area contributed by atoms with Crippen LogP contribution in [0.2, 0.25) is 0 Å². The van der Waals surface area contributed by atoms with Gasteiger partial charge < -0.3 is 5.32 Å². The Labute approximate surface area is 122 Å². The summed E-state index contributed by atoms with van der Waals surface area (Å²) in [5.74, 6) is 0.777. The van der Waals surface area contributed by atoms with E-state index in [9.17, 15) is 4.79 Å². The molecule has 1 aromatic heterocycles. The number of carbonyl (C=O) groups excluding carboxylic acids is 1. The zero-order valence-corrected chi connectivity index (χ0v) is 11.7. The molecule has 0 spiro atoms. The van der Waals surface area contributed by atoms with Crippen LogP contribution in [0.4, 0.5) is 5.82 Å². The third-order valence-electron chi connectivity index (χ3n) is 4.08. The maximum absolute atomic E-state index is 12.0. The van der Waals surface area contributed by atoms with Gasteiger partial charge in [0, 0.05) is 31.1 Å². The first-order valence-electron chi connectivity index (χ1n) is 7.03. The molecule has 1 atom stereocenters. The fraction of sp³-hybridized carbons (Fsp3) is 0.176. The van der Waals surface area contributed by atoms with Gasteiger partial charge in [-0.05, 0) is 16.3 Å². The van der Waals surface area contributed by atoms with Gasteiger partial charge in [-0.15, -0.1) is 0 Å². The minimum atomic E-state index is 0.0270. The molecule has 2 aromatic carbocycles. The second-order valence-electron chi connectivity index (χ2n) is 5.48. The Morgan fingerprint density at radius 1 is 1.14 bits per heavy atom. The summed E-state index contributed by atoms with van der Waals surface area (Å²) in [7, 11) is 1.88. The van der Waals surface area contributed by atoms with E-state index >= 15 is 0 Å². The molecule has 0 fully saturated rings. The van der Waals surface area contributed by atoms with Crippen LogP contribution >= 0.6 is 0 Å². The van der Waals surface area contributed by atoms with E-state index in [4.69, 9.17) is 0 Å². The van der Waals surface area contributed by atoms with E-state index in [1.54, 1.807) is 4.68 Å². The number of aromatic nitrogens is 2. The Morgan fingerprint density at radius 3 is 2.86 bits per heavy atom. The van der Waals surface area contributed by atoms with Crippen molar-refractivity contribution in [3.05, 3.63) is 59.8 Å². The molecule has 3 aromatic rings. The van der Waals surface area contributed by atoms with E-state index in [-0.39, 0.29) is 11.8 Å². The number of carbonyl (C=O) groups is 1. The summed E-state index contributed by atoms with van der Waals surface area (Å²) >= 11 is 0. The van der Waals surface area contributed by atoms with Crippen molar-refractivity contribution in [2.45, 2.75) is 12.3 Å². The van der Waals surface area contributed by atoms with E-state index in [0.717, 1.165) is 5.56 Å². The third-order valence-corrected chi connectivity index (χ3v) is 4.08. The predicted molar refractivity (Wildman–Crippen MR) is 82.2 cm³/mol. The lowest BCUT2D eigenvalue weighted by Crippen LogP contribution is -2.23. The van der Waals surface area contributed by atoms with Crippen LogP contribution in [0, 0.1) is 0 Å². The normalized spacial score (nSPS) is 17.6. The van der Waals surface area contributed by atoms with E-state index < -0.39 is 0 Å². The highest BCUT2D eigenvalue weighted by Crippen LogP contribution is 2.38. The van der Waals surface area contributed by atoms with Gasteiger partial charge in [-0.1, -0.05) is 42.5 Å². The Hall–Kier alpha value is -2.62. The predicted octanol–water partition coefficient (Wildman–Crippen LogP) is 3.05. The van der Waals surface area contributed by atoms with Gasteiger partial charge in [0.2, 0.25) is 5.91 Å². The van der Waals surface area contributed by atoms with E-state index in [0.29, 0.717) is 12.2 Å². The standard InChI is InChI=1S/C17H15N3O/c1-20-10-15-14(9-16(21)18-17(15)19-20)13-8-4-6-11-5-2-3-7-12(11)13/h2-8,10,14H,9H2,1H3,(H,18,19,21). The molecule has 4 nitrogen and oxygen atoms in total. The Bertz CT molecular complexity index is 845. The number of amides is 1. The van der Waals surface area contributed by atoms with Gasteiger partial charge in [-0.25, -0.2) is 0 Å². The van der Waals surface area contributed by atoms with Crippen LogP contribution in [-0.2, 0) is 11.8 Å². The van der Waals surface area contributed by atoms with Gasteiger partial charge in [0.05, 0.1) is 0 Å². The minimum Gasteiger partial charge on any atom is -0.309 e. The maximum Gasteiger partial charge on any atom is 0.226 e. The van der Waals surface area contributed by atoms with Crippen LogP contribution < -0.4 is 5.32 Å². The zero-order valence-electron chi connectivity index (χ0n) is 11.7. The first kappa shape index (κ1) is 12.1. The lowest BCUT2D eigenvalue weighted by atomic mass is 9.85. The number of benzene rings is 2. The molecule has 4 rings (SSSR count). The van der Waals surface area contributed by atoms with Gasteiger partial charge in [0.1, 0.15) is 0 Å². The molecule has 4 heteroatoms. The van der Waals surface area contributed by atoms with Gasteiger partial charge in [0.15, 0.2) is 5.82 Å². The van der Waals surface area contributed by atoms with E-state index in [2.05, 4.69) is 40.7 Å². The monoisotopic (exact) mass is 277 g/mol. The van der Waals surface area contributed by atoms with Gasteiger partial charge in [0.25, 0.3) is 0 Å². The van der Waals surface area contributed by atoms with Crippen molar-refractivity contribution in [1.82, 2.24) is 9.78 Å². The number of nitrogens with one attached hydrogen (secondary N) is 1. The highest BCUT2D eigenvalue weighted by molar-refractivity contribution is 5.96. The largest absolute Gasteiger partial charge is 0.309 e. The van der Waals surface area contributed by atoms with E-state index in [1.807, 2.05) is 25.4 Å². The molecule has 104 valence electrons. The Morgan fingerprint density at radius 2 is 1.95 bits per heavy atom. The smallest absolute Gasteiger partial charge is 0.226 e. The molecule has 1 amide bonds. The topological polar surface area (TPSA) is 46.9 Å². The Kier molecular flexibility index (Phi) is 2.57. The molecular weight excluding hydrogens is 262 g/mol. The summed E-state index contributed by atoms with van der Waals surface area (Å²) in [6.07, 6.45) is 2.47. The quantitative estimate of drug-likeness (QED) is 0.743. The Balaban J connectivity index is 1.94. The third kappa shape index (κ3) is 1.91. The summed E-state index contributed by atoms with van der Waals surface area (Å²) in [4.78, 5) is 12.0. The van der Waals surface area contributed by atoms with Gasteiger partial charge in [-0.3, -0.25) is 9.48 Å². The van der Waals surface area contributed by atoms with Crippen molar-refractivity contribution < 1.29 is 4.79 Å². The van der Waals surface area contributed by atoms with Crippen molar-refractivity contribution in [3.8, 4) is 0 Å². The average Bonchev–Trinajstić information content (AvgIpc) is 2.86. The van der Waals surface area contributed by atoms with Crippen LogP contribution in [0.1, 0.15) is 23.5 Å². The highest BCUT2D eigenvalue weighted by Gasteiger charge is 2.29. The second kappa shape index (κ2) is 4.45. The first-order valence-corrected chi connectivity index (χ1v) is 7.03. The molecule has 1 aliphatic heterocycles. The van der Waals surface area contributed by atoms with Crippen LogP contribution in [0.15, 0.2) is 48.7 Å². The number of fused-ring (bicyclic) bond motifs is 2. The lowest BCUT2D eigenvalue weighted by molar-refractivity contribution is -0.116. The van der Waals surface area contributed by atoms with Crippen molar-refractivity contribution >= 4 is 22.5 Å². The number of rotatable bonds is 1. The molecule has 0 aliphatic carbocycles. The second-order valence-corrected chi connectivity index (χ2v) is 5.48. The molecular formula is C17H15N3O. The molecule has 0 radical (unpaired) electrons. The molecule has 0 saturated heterocycles. The SMILES string of the molecule is Cn1cc2c(n1)NC(=O)CC2c1cccc2ccccc12.